The van der Waals surface area contributed by atoms with Crippen molar-refractivity contribution >= 4 is 15.7 Å². The number of hydrogen-bond acceptors (Lipinski definition) is 6. The molecular formula is C17H23N3O4S. The highest BCUT2D eigenvalue weighted by Crippen LogP contribution is 2.28. The van der Waals surface area contributed by atoms with Gasteiger partial charge in [-0.3, -0.25) is 0 Å². The van der Waals surface area contributed by atoms with Crippen LogP contribution >= 0.6 is 0 Å². The molecule has 0 unspecified atom stereocenters. The van der Waals surface area contributed by atoms with Crippen molar-refractivity contribution in [1.29, 1.82) is 0 Å². The SMILES string of the molecule is CCOc1ccc(CCNS(=O)(=O)c2ccc(N)cn2)cc1OCC. The van der Waals surface area contributed by atoms with Crippen LogP contribution in [0.2, 0.25) is 0 Å². The number of nitrogens with two attached hydrogens (primary N) is 1. The Kier molecular flexibility index (Phi) is 6.60. The molecule has 0 aliphatic rings. The van der Waals surface area contributed by atoms with Gasteiger partial charge in [0.05, 0.1) is 25.1 Å². The maximum absolute atomic E-state index is 12.2. The van der Waals surface area contributed by atoms with Crippen LogP contribution < -0.4 is 19.9 Å². The lowest BCUT2D eigenvalue weighted by molar-refractivity contribution is 0.287. The molecule has 0 saturated heterocycles. The molecule has 2 rings (SSSR count). The van der Waals surface area contributed by atoms with Crippen LogP contribution in [-0.4, -0.2) is 33.2 Å². The van der Waals surface area contributed by atoms with Gasteiger partial charge in [-0.15, -0.1) is 0 Å². The van der Waals surface area contributed by atoms with Gasteiger partial charge in [-0.1, -0.05) is 6.07 Å². The predicted molar refractivity (Wildman–Crippen MR) is 96.3 cm³/mol. The Morgan fingerprint density at radius 1 is 1.08 bits per heavy atom. The monoisotopic (exact) mass is 365 g/mol. The molecule has 0 radical (unpaired) electrons. The normalized spacial score (nSPS) is 11.3. The Labute approximate surface area is 148 Å². The Hall–Kier alpha value is -2.32. The van der Waals surface area contributed by atoms with Crippen LogP contribution in [-0.2, 0) is 16.4 Å². The number of sulfonamides is 1. The highest BCUT2D eigenvalue weighted by Gasteiger charge is 2.15. The summed E-state index contributed by atoms with van der Waals surface area (Å²) in [4.78, 5) is 3.83. The molecule has 0 amide bonds. The molecule has 0 aliphatic heterocycles. The van der Waals surface area contributed by atoms with E-state index in [-0.39, 0.29) is 11.6 Å². The molecule has 25 heavy (non-hydrogen) atoms. The largest absolute Gasteiger partial charge is 0.490 e. The fourth-order valence-corrected chi connectivity index (χ4v) is 3.16. The fourth-order valence-electron chi connectivity index (χ4n) is 2.21. The Bertz CT molecular complexity index is 792. The van der Waals surface area contributed by atoms with Gasteiger partial charge in [-0.05, 0) is 50.1 Å². The maximum Gasteiger partial charge on any atom is 0.258 e. The van der Waals surface area contributed by atoms with Crippen LogP contribution in [0.1, 0.15) is 19.4 Å². The van der Waals surface area contributed by atoms with Crippen molar-refractivity contribution in [2.24, 2.45) is 0 Å². The minimum absolute atomic E-state index is 0.0524. The Balaban J connectivity index is 2.01. The highest BCUT2D eigenvalue weighted by atomic mass is 32.2. The predicted octanol–water partition coefficient (Wildman–Crippen LogP) is 1.98. The number of nitrogen functional groups attached to an aromatic ring is 1. The topological polar surface area (TPSA) is 104 Å². The molecule has 0 spiro atoms. The molecule has 0 saturated carbocycles. The van der Waals surface area contributed by atoms with E-state index in [9.17, 15) is 8.42 Å². The smallest absolute Gasteiger partial charge is 0.258 e. The van der Waals surface area contributed by atoms with E-state index in [4.69, 9.17) is 15.2 Å². The van der Waals surface area contributed by atoms with Gasteiger partial charge >= 0.3 is 0 Å². The van der Waals surface area contributed by atoms with Gasteiger partial charge in [0, 0.05) is 6.54 Å². The molecule has 136 valence electrons. The van der Waals surface area contributed by atoms with Crippen molar-refractivity contribution < 1.29 is 17.9 Å². The molecule has 0 bridgehead atoms. The second kappa shape index (κ2) is 8.68. The highest BCUT2D eigenvalue weighted by molar-refractivity contribution is 7.89. The lowest BCUT2D eigenvalue weighted by Crippen LogP contribution is -2.26. The number of hydrogen-bond donors (Lipinski definition) is 2. The number of benzene rings is 1. The summed E-state index contributed by atoms with van der Waals surface area (Å²) < 4.78 is 38.0. The van der Waals surface area contributed by atoms with E-state index in [0.717, 1.165) is 5.56 Å². The number of pyridine rings is 1. The Morgan fingerprint density at radius 2 is 1.80 bits per heavy atom. The van der Waals surface area contributed by atoms with Gasteiger partial charge in [-0.25, -0.2) is 18.1 Å². The molecular weight excluding hydrogens is 342 g/mol. The Morgan fingerprint density at radius 3 is 2.44 bits per heavy atom. The van der Waals surface area contributed by atoms with E-state index in [1.54, 1.807) is 0 Å². The summed E-state index contributed by atoms with van der Waals surface area (Å²) >= 11 is 0. The van der Waals surface area contributed by atoms with E-state index in [0.29, 0.717) is 36.8 Å². The summed E-state index contributed by atoms with van der Waals surface area (Å²) in [6.07, 6.45) is 1.83. The minimum atomic E-state index is -3.66. The summed E-state index contributed by atoms with van der Waals surface area (Å²) in [7, 11) is -3.66. The second-order valence-corrected chi connectivity index (χ2v) is 6.94. The number of aromatic nitrogens is 1. The van der Waals surface area contributed by atoms with Gasteiger partial charge in [0.1, 0.15) is 0 Å². The van der Waals surface area contributed by atoms with Gasteiger partial charge in [-0.2, -0.15) is 0 Å². The van der Waals surface area contributed by atoms with Crippen molar-refractivity contribution in [2.45, 2.75) is 25.3 Å². The van der Waals surface area contributed by atoms with Crippen molar-refractivity contribution in [2.75, 3.05) is 25.5 Å². The molecule has 2 aromatic rings. The van der Waals surface area contributed by atoms with Gasteiger partial charge < -0.3 is 15.2 Å². The second-order valence-electron chi connectivity index (χ2n) is 5.22. The van der Waals surface area contributed by atoms with Crippen molar-refractivity contribution in [3.05, 3.63) is 42.1 Å². The zero-order valence-corrected chi connectivity index (χ0v) is 15.2. The average molecular weight is 365 g/mol. The average Bonchev–Trinajstić information content (AvgIpc) is 2.58. The minimum Gasteiger partial charge on any atom is -0.490 e. The fraction of sp³-hybridized carbons (Fsp3) is 0.353. The van der Waals surface area contributed by atoms with Gasteiger partial charge in [0.2, 0.25) is 0 Å². The standard InChI is InChI=1S/C17H23N3O4S/c1-3-23-15-7-5-13(11-16(15)24-4-2)9-10-20-25(21,22)17-8-6-14(18)12-19-17/h5-8,11-12,20H,3-4,9-10,18H2,1-2H3. The first-order valence-electron chi connectivity index (χ1n) is 8.06. The van der Waals surface area contributed by atoms with E-state index in [2.05, 4.69) is 9.71 Å². The summed E-state index contributed by atoms with van der Waals surface area (Å²) in [5.74, 6) is 1.34. The van der Waals surface area contributed by atoms with Crippen LogP contribution in [0.5, 0.6) is 11.5 Å². The lowest BCUT2D eigenvalue weighted by Gasteiger charge is -2.12. The van der Waals surface area contributed by atoms with E-state index >= 15 is 0 Å². The first-order valence-corrected chi connectivity index (χ1v) is 9.54. The van der Waals surface area contributed by atoms with Crippen LogP contribution in [0.4, 0.5) is 5.69 Å². The van der Waals surface area contributed by atoms with Crippen LogP contribution in [0.3, 0.4) is 0 Å². The van der Waals surface area contributed by atoms with Crippen LogP contribution in [0.25, 0.3) is 0 Å². The molecule has 3 N–H and O–H groups in total. The number of rotatable bonds is 9. The number of anilines is 1. The first-order chi connectivity index (χ1) is 12.0. The summed E-state index contributed by atoms with van der Waals surface area (Å²) in [6, 6.07) is 8.47. The summed E-state index contributed by atoms with van der Waals surface area (Å²) in [5.41, 5.74) is 6.88. The van der Waals surface area contributed by atoms with Crippen LogP contribution in [0, 0.1) is 0 Å². The maximum atomic E-state index is 12.2. The van der Waals surface area contributed by atoms with Gasteiger partial charge in [0.25, 0.3) is 10.0 Å². The molecule has 0 atom stereocenters. The quantitative estimate of drug-likeness (QED) is 0.704. The third kappa shape index (κ3) is 5.33. The van der Waals surface area contributed by atoms with Crippen molar-refractivity contribution in [3.8, 4) is 11.5 Å². The van der Waals surface area contributed by atoms with E-state index in [1.165, 1.54) is 18.3 Å². The first kappa shape index (κ1) is 19.0. The van der Waals surface area contributed by atoms with E-state index < -0.39 is 10.0 Å². The summed E-state index contributed by atoms with van der Waals surface area (Å²) in [6.45, 7) is 5.13. The van der Waals surface area contributed by atoms with Crippen LogP contribution in [0.15, 0.2) is 41.6 Å². The zero-order chi connectivity index (χ0) is 18.3. The third-order valence-corrected chi connectivity index (χ3v) is 4.72. The lowest BCUT2D eigenvalue weighted by atomic mass is 10.1. The van der Waals surface area contributed by atoms with Gasteiger partial charge in [0.15, 0.2) is 16.5 Å². The molecule has 7 nitrogen and oxygen atoms in total. The van der Waals surface area contributed by atoms with E-state index in [1.807, 2.05) is 32.0 Å². The molecule has 1 aromatic heterocycles. The summed E-state index contributed by atoms with van der Waals surface area (Å²) in [5, 5.41) is -0.0524. The third-order valence-electron chi connectivity index (χ3n) is 3.35. The molecule has 0 fully saturated rings. The molecule has 8 heteroatoms. The number of nitrogens with zero attached hydrogens (tertiary/aromatic N) is 1. The number of ether oxygens (including phenoxy) is 2. The zero-order valence-electron chi connectivity index (χ0n) is 14.4. The number of nitrogens with one attached hydrogen (secondary N) is 1. The van der Waals surface area contributed by atoms with Crippen molar-refractivity contribution in [3.63, 3.8) is 0 Å². The molecule has 1 heterocycles. The molecule has 0 aliphatic carbocycles. The van der Waals surface area contributed by atoms with Crippen molar-refractivity contribution in [1.82, 2.24) is 9.71 Å². The molecule has 1 aromatic carbocycles.